The van der Waals surface area contributed by atoms with Crippen LogP contribution in [0.25, 0.3) is 0 Å². The average Bonchev–Trinajstić information content (AvgIpc) is 2.58. The molecule has 3 rings (SSSR count). The summed E-state index contributed by atoms with van der Waals surface area (Å²) in [5.41, 5.74) is 3.95. The van der Waals surface area contributed by atoms with Crippen LogP contribution in [0.2, 0.25) is 13.1 Å². The van der Waals surface area contributed by atoms with E-state index in [1.807, 2.05) is 62.4 Å². The molecule has 0 saturated carbocycles. The van der Waals surface area contributed by atoms with Crippen molar-refractivity contribution in [3.63, 3.8) is 0 Å². The smallest absolute Gasteiger partial charge is 0.454 e. The summed E-state index contributed by atoms with van der Waals surface area (Å²) < 4.78 is 12.7. The molecule has 0 aliphatic carbocycles. The van der Waals surface area contributed by atoms with Crippen molar-refractivity contribution < 1.29 is 8.85 Å². The Hall–Kier alpha value is -2.40. The largest absolute Gasteiger partial charge is 0.512 e. The Bertz CT molecular complexity index is 760. The zero-order chi connectivity index (χ0) is 17.9. The van der Waals surface area contributed by atoms with Crippen LogP contribution < -0.4 is 8.85 Å². The van der Waals surface area contributed by atoms with Crippen molar-refractivity contribution in [3.05, 3.63) is 59.7 Å². The predicted octanol–water partition coefficient (Wildman–Crippen LogP) is 4.48. The van der Waals surface area contributed by atoms with Crippen LogP contribution in [0.15, 0.2) is 58.5 Å². The molecule has 0 fully saturated rings. The van der Waals surface area contributed by atoms with Crippen molar-refractivity contribution in [2.45, 2.75) is 26.9 Å². The van der Waals surface area contributed by atoms with E-state index in [1.165, 1.54) is 0 Å². The number of benzene rings is 2. The fourth-order valence-electron chi connectivity index (χ4n) is 2.87. The highest BCUT2D eigenvalue weighted by Crippen LogP contribution is 2.27. The van der Waals surface area contributed by atoms with E-state index < -0.39 is 8.56 Å². The zero-order valence-electron chi connectivity index (χ0n) is 15.2. The summed E-state index contributed by atoms with van der Waals surface area (Å²) in [7, 11) is -2.45. The van der Waals surface area contributed by atoms with Crippen molar-refractivity contribution in [3.8, 4) is 11.5 Å². The molecular weight excluding hydrogens is 328 g/mol. The van der Waals surface area contributed by atoms with E-state index in [0.29, 0.717) is 13.1 Å². The molecule has 0 atom stereocenters. The molecule has 0 bridgehead atoms. The van der Waals surface area contributed by atoms with Gasteiger partial charge in [-0.1, -0.05) is 24.3 Å². The summed E-state index contributed by atoms with van der Waals surface area (Å²) >= 11 is 0. The Morgan fingerprint density at radius 1 is 0.720 bits per heavy atom. The fraction of sp³-hybridized carbons (Fsp3) is 0.300. The highest BCUT2D eigenvalue weighted by atomic mass is 28.4. The molecule has 2 aromatic rings. The van der Waals surface area contributed by atoms with Gasteiger partial charge in [0.2, 0.25) is 0 Å². The second-order valence-corrected chi connectivity index (χ2v) is 9.74. The lowest BCUT2D eigenvalue weighted by molar-refractivity contribution is 0.399. The summed E-state index contributed by atoms with van der Waals surface area (Å²) in [6.45, 7) is 9.45. The number of para-hydroxylation sites is 2. The van der Waals surface area contributed by atoms with Gasteiger partial charge in [-0.25, -0.2) is 0 Å². The summed E-state index contributed by atoms with van der Waals surface area (Å²) in [6.07, 6.45) is 0. The monoisotopic (exact) mass is 352 g/mol. The Kier molecular flexibility index (Phi) is 5.04. The van der Waals surface area contributed by atoms with Crippen LogP contribution in [-0.2, 0) is 0 Å². The molecule has 0 N–H and O–H groups in total. The molecule has 1 aliphatic rings. The van der Waals surface area contributed by atoms with Gasteiger partial charge in [0.25, 0.3) is 0 Å². The van der Waals surface area contributed by atoms with Crippen LogP contribution in [0, 0.1) is 0 Å². The first-order valence-electron chi connectivity index (χ1n) is 8.55. The van der Waals surface area contributed by atoms with Crippen molar-refractivity contribution in [2.75, 3.05) is 13.1 Å². The third-order valence-corrected chi connectivity index (χ3v) is 5.49. The van der Waals surface area contributed by atoms with Crippen molar-refractivity contribution in [1.82, 2.24) is 0 Å². The highest BCUT2D eigenvalue weighted by molar-refractivity contribution is 6.66. The maximum Gasteiger partial charge on any atom is 0.454 e. The van der Waals surface area contributed by atoms with Gasteiger partial charge in [0, 0.05) is 35.6 Å². The second kappa shape index (κ2) is 7.23. The first kappa shape index (κ1) is 17.4. The SMILES string of the molecule is CC1=NCCN=C(C)c2ccccc2O[Si](C)(C)Oc2ccccc21. The number of hydrogen-bond acceptors (Lipinski definition) is 4. The Morgan fingerprint density at radius 2 is 1.12 bits per heavy atom. The first-order chi connectivity index (χ1) is 12.0. The van der Waals surface area contributed by atoms with E-state index >= 15 is 0 Å². The minimum Gasteiger partial charge on any atom is -0.512 e. The minimum atomic E-state index is -2.45. The quantitative estimate of drug-likeness (QED) is 0.656. The normalized spacial score (nSPS) is 17.1. The van der Waals surface area contributed by atoms with Gasteiger partial charge in [-0.05, 0) is 38.1 Å². The van der Waals surface area contributed by atoms with E-state index in [1.54, 1.807) is 0 Å². The molecule has 0 saturated heterocycles. The van der Waals surface area contributed by atoms with E-state index in [9.17, 15) is 0 Å². The summed E-state index contributed by atoms with van der Waals surface area (Å²) in [4.78, 5) is 9.34. The lowest BCUT2D eigenvalue weighted by atomic mass is 10.1. The Balaban J connectivity index is 2.07. The minimum absolute atomic E-state index is 0.654. The van der Waals surface area contributed by atoms with Gasteiger partial charge in [0.15, 0.2) is 0 Å². The summed E-state index contributed by atoms with van der Waals surface area (Å²) in [5, 5.41) is 0. The van der Waals surface area contributed by atoms with Crippen molar-refractivity contribution >= 4 is 20.0 Å². The lowest BCUT2D eigenvalue weighted by Crippen LogP contribution is -2.42. The molecule has 0 radical (unpaired) electrons. The van der Waals surface area contributed by atoms with E-state index in [4.69, 9.17) is 8.85 Å². The fourth-order valence-corrected chi connectivity index (χ4v) is 4.32. The Labute approximate surface area is 150 Å². The van der Waals surface area contributed by atoms with Crippen LogP contribution in [0.3, 0.4) is 0 Å². The van der Waals surface area contributed by atoms with Crippen LogP contribution in [0.5, 0.6) is 11.5 Å². The van der Waals surface area contributed by atoms with Crippen LogP contribution in [-0.4, -0.2) is 33.1 Å². The molecule has 25 heavy (non-hydrogen) atoms. The molecule has 0 aromatic heterocycles. The van der Waals surface area contributed by atoms with Gasteiger partial charge in [-0.3, -0.25) is 9.98 Å². The standard InChI is InChI=1S/C20H24N2O2Si/c1-15-17-9-5-7-11-19(17)23-25(3,4)24-20-12-8-6-10-18(20)16(2)22-14-13-21-15/h5-12H,13-14H2,1-4H3. The van der Waals surface area contributed by atoms with Gasteiger partial charge in [-0.2, -0.15) is 0 Å². The van der Waals surface area contributed by atoms with Gasteiger partial charge >= 0.3 is 8.56 Å². The topological polar surface area (TPSA) is 43.2 Å². The molecule has 1 heterocycles. The predicted molar refractivity (Wildman–Crippen MR) is 106 cm³/mol. The molecule has 1 aliphatic heterocycles. The molecule has 0 unspecified atom stereocenters. The lowest BCUT2D eigenvalue weighted by Gasteiger charge is -2.27. The van der Waals surface area contributed by atoms with E-state index in [-0.39, 0.29) is 0 Å². The number of fused-ring (bicyclic) bond motifs is 2. The molecule has 130 valence electrons. The molecule has 4 nitrogen and oxygen atoms in total. The van der Waals surface area contributed by atoms with Gasteiger partial charge in [0.05, 0.1) is 13.1 Å². The van der Waals surface area contributed by atoms with Crippen LogP contribution in [0.4, 0.5) is 0 Å². The van der Waals surface area contributed by atoms with E-state index in [0.717, 1.165) is 34.0 Å². The third-order valence-electron chi connectivity index (χ3n) is 4.06. The number of hydrogen-bond donors (Lipinski definition) is 0. The number of rotatable bonds is 0. The maximum atomic E-state index is 6.36. The van der Waals surface area contributed by atoms with E-state index in [2.05, 4.69) is 23.1 Å². The summed E-state index contributed by atoms with van der Waals surface area (Å²) in [5.74, 6) is 1.66. The zero-order valence-corrected chi connectivity index (χ0v) is 16.2. The van der Waals surface area contributed by atoms with Crippen molar-refractivity contribution in [1.29, 1.82) is 0 Å². The molecule has 0 spiro atoms. The number of aliphatic imine (C=N–C) groups is 2. The first-order valence-corrected chi connectivity index (χ1v) is 11.4. The molecule has 2 aromatic carbocycles. The average molecular weight is 353 g/mol. The molecular formula is C20H24N2O2Si. The van der Waals surface area contributed by atoms with Gasteiger partial charge < -0.3 is 8.85 Å². The second-order valence-electron chi connectivity index (χ2n) is 6.53. The van der Waals surface area contributed by atoms with Crippen LogP contribution in [0.1, 0.15) is 25.0 Å². The molecule has 0 amide bonds. The maximum absolute atomic E-state index is 6.36. The van der Waals surface area contributed by atoms with Crippen LogP contribution >= 0.6 is 0 Å². The highest BCUT2D eigenvalue weighted by Gasteiger charge is 2.31. The molecule has 5 heteroatoms. The van der Waals surface area contributed by atoms with Gasteiger partial charge in [-0.15, -0.1) is 0 Å². The van der Waals surface area contributed by atoms with Crippen molar-refractivity contribution in [2.24, 2.45) is 9.98 Å². The van der Waals surface area contributed by atoms with Gasteiger partial charge in [0.1, 0.15) is 11.5 Å². The summed E-state index contributed by atoms with van der Waals surface area (Å²) in [6, 6.07) is 16.0. The Morgan fingerprint density at radius 3 is 1.56 bits per heavy atom. The third kappa shape index (κ3) is 4.17. The number of nitrogens with zero attached hydrogens (tertiary/aromatic N) is 2.